The van der Waals surface area contributed by atoms with Gasteiger partial charge in [-0.3, -0.25) is 0 Å². The summed E-state index contributed by atoms with van der Waals surface area (Å²) in [6, 6.07) is 46.9. The lowest BCUT2D eigenvalue weighted by Crippen LogP contribution is -2.16. The number of thiophene rings is 2. The highest BCUT2D eigenvalue weighted by atomic mass is 32.1. The van der Waals surface area contributed by atoms with Gasteiger partial charge in [-0.25, -0.2) is 14.8 Å². The quantitative estimate of drug-likeness (QED) is 0.0179. The molecule has 0 unspecified atom stereocenters. The van der Waals surface area contributed by atoms with Gasteiger partial charge >= 0.3 is 5.97 Å². The number of rotatable bonds is 30. The summed E-state index contributed by atoms with van der Waals surface area (Å²) in [5.41, 5.74) is 32.0. The van der Waals surface area contributed by atoms with Gasteiger partial charge in [0.05, 0.1) is 33.9 Å². The fourth-order valence-corrected chi connectivity index (χ4v) is 20.6. The Morgan fingerprint density at radius 3 is 0.947 bits per heavy atom. The number of unbranched alkanes of at least 4 members (excludes halogenated alkanes) is 12. The third kappa shape index (κ3) is 25.1. The molecule has 10 aromatic rings. The summed E-state index contributed by atoms with van der Waals surface area (Å²) in [5, 5.41) is 20.4. The van der Waals surface area contributed by atoms with E-state index in [1.54, 1.807) is 17.4 Å². The molecule has 0 aliphatic carbocycles. The Morgan fingerprint density at radius 1 is 0.346 bits per heavy atom. The monoisotopic (exact) mass is 1810 g/mol. The van der Waals surface area contributed by atoms with Gasteiger partial charge in [-0.2, -0.15) is 5.26 Å². The van der Waals surface area contributed by atoms with E-state index in [0.29, 0.717) is 0 Å². The minimum atomic E-state index is -1.18. The van der Waals surface area contributed by atoms with E-state index >= 15 is 0 Å². The standard InChI is InChI=1S/C124H155N5O2S2/c1-29-33-37-41-45-96-97(46-42-38-34-30-2)108(63-64-109-98(47-43-39-35-31-3)99(48-44-40-36-32-4)110(133-109)74-87(79-125)116(130)131)132-107(96)62-54-81-51-49-80(50-52-81)53-55-82-73-106-113(85-69-92(121(17,18)19)77-93(70-85)122(20,21)22)104-59-58-102(127-104)111(83-65-88(117(5,6)7)75-89(66-83)118(8,9)10)100-56-57-101(126-100)112(84-67-90(119(11,12)13)76-91(68-84)120(14,15)16)103-60-61-105(128-103)114(115(82)129-106)86-71-94(123(23,24)25)78-95(72-86)124(26,27)28/h49-52,54,56-78,126,129H,29-48H2,1-28H3,(H,130,131)/b62-54+,64-63+,87-74-,111-100?,111-102?,112-101?,112-103?,113-104?,113-106?,114-105?,115-114?. The van der Waals surface area contributed by atoms with Crippen LogP contribution in [0.15, 0.2) is 121 Å². The molecule has 0 radical (unpaired) electrons. The molecule has 0 saturated heterocycles. The van der Waals surface area contributed by atoms with Crippen LogP contribution in [0.1, 0.15) is 422 Å². The maximum Gasteiger partial charge on any atom is 0.346 e. The van der Waals surface area contributed by atoms with Crippen LogP contribution in [0.4, 0.5) is 0 Å². The number of nitriles is 1. The first-order valence-corrected chi connectivity index (χ1v) is 51.7. The van der Waals surface area contributed by atoms with Gasteiger partial charge in [0, 0.05) is 63.9 Å². The number of carbonyl (C=O) groups is 1. The number of nitrogens with zero attached hydrogens (tertiary/aromatic N) is 3. The number of carboxylic acid groups (broad SMARTS) is 1. The number of nitrogens with one attached hydrogen (secondary N) is 2. The lowest BCUT2D eigenvalue weighted by molar-refractivity contribution is -0.132. The molecule has 2 aliphatic rings. The van der Waals surface area contributed by atoms with E-state index in [1.165, 1.54) is 126 Å². The van der Waals surface area contributed by atoms with E-state index in [4.69, 9.17) is 9.97 Å². The molecule has 3 N–H and O–H groups in total. The minimum absolute atomic E-state index is 0.166. The highest BCUT2D eigenvalue weighted by Gasteiger charge is 2.32. The molecule has 7 nitrogen and oxygen atoms in total. The van der Waals surface area contributed by atoms with Crippen molar-refractivity contribution in [3.63, 3.8) is 0 Å². The number of fused-ring (bicyclic) bond motifs is 8. The molecular formula is C124H155N5O2S2. The topological polar surface area (TPSA) is 118 Å². The molecule has 2 aliphatic heterocycles. The van der Waals surface area contributed by atoms with Gasteiger partial charge in [-0.1, -0.05) is 374 Å². The van der Waals surface area contributed by atoms with Crippen molar-refractivity contribution in [3.8, 4) is 62.4 Å². The zero-order valence-electron chi connectivity index (χ0n) is 86.3. The molecule has 8 bridgehead atoms. The number of hydrogen-bond acceptors (Lipinski definition) is 6. The predicted octanol–water partition coefficient (Wildman–Crippen LogP) is 36.0. The molecule has 0 atom stereocenters. The second-order valence-corrected chi connectivity index (χ2v) is 48.4. The van der Waals surface area contributed by atoms with Crippen LogP contribution < -0.4 is 0 Å². The summed E-state index contributed by atoms with van der Waals surface area (Å²) < 4.78 is 0. The number of aromatic amines is 2. The number of hydrogen-bond donors (Lipinski definition) is 3. The summed E-state index contributed by atoms with van der Waals surface area (Å²) in [6.07, 6.45) is 42.4. The van der Waals surface area contributed by atoms with Crippen LogP contribution in [0.5, 0.6) is 0 Å². The minimum Gasteiger partial charge on any atom is -0.477 e. The number of carboxylic acids is 1. The van der Waals surface area contributed by atoms with Crippen LogP contribution in [0.2, 0.25) is 0 Å². The van der Waals surface area contributed by atoms with Crippen LogP contribution in [0.3, 0.4) is 0 Å². The van der Waals surface area contributed by atoms with Gasteiger partial charge in [0.1, 0.15) is 11.6 Å². The van der Waals surface area contributed by atoms with E-state index in [1.807, 2.05) is 17.4 Å². The molecule has 0 fully saturated rings. The third-order valence-corrected chi connectivity index (χ3v) is 29.2. The first-order valence-electron chi connectivity index (χ1n) is 50.1. The summed E-state index contributed by atoms with van der Waals surface area (Å²) >= 11 is 3.58. The zero-order valence-corrected chi connectivity index (χ0v) is 88.0. The summed E-state index contributed by atoms with van der Waals surface area (Å²) in [6.45, 7) is 65.0. The lowest BCUT2D eigenvalue weighted by Gasteiger charge is -2.26. The highest BCUT2D eigenvalue weighted by molar-refractivity contribution is 7.15. The predicted molar refractivity (Wildman–Crippen MR) is 582 cm³/mol. The van der Waals surface area contributed by atoms with Crippen molar-refractivity contribution < 1.29 is 9.90 Å². The van der Waals surface area contributed by atoms with Crippen LogP contribution in [0, 0.1) is 23.2 Å². The summed E-state index contributed by atoms with van der Waals surface area (Å²) in [5.74, 6) is 6.63. The van der Waals surface area contributed by atoms with Crippen LogP contribution in [-0.2, 0) is 73.8 Å². The Hall–Kier alpha value is -10.2. The molecule has 700 valence electrons. The average Bonchev–Trinajstić information content (AvgIpc) is 1.59. The smallest absolute Gasteiger partial charge is 0.346 e. The van der Waals surface area contributed by atoms with Gasteiger partial charge in [0.25, 0.3) is 0 Å². The second kappa shape index (κ2) is 42.0. The Balaban J connectivity index is 1.15. The van der Waals surface area contributed by atoms with Gasteiger partial charge < -0.3 is 15.1 Å². The lowest BCUT2D eigenvalue weighted by atomic mass is 9.78. The molecule has 12 rings (SSSR count). The number of aliphatic carboxylic acids is 1. The fraction of sp³-hybridized carbons (Fsp3) is 0.452. The number of aromatic nitrogens is 4. The molecule has 5 aromatic heterocycles. The molecule has 9 heteroatoms. The maximum atomic E-state index is 12.5. The number of benzene rings is 5. The Bertz CT molecular complexity index is 6230. The Morgan fingerprint density at radius 2 is 0.639 bits per heavy atom. The molecular weight excluding hydrogens is 1660 g/mol. The molecule has 0 spiro atoms. The highest BCUT2D eigenvalue weighted by Crippen LogP contribution is 2.48. The van der Waals surface area contributed by atoms with Crippen molar-refractivity contribution >= 4 is 105 Å². The van der Waals surface area contributed by atoms with Gasteiger partial charge in [-0.05, 0) is 268 Å². The van der Waals surface area contributed by atoms with E-state index in [9.17, 15) is 15.2 Å². The van der Waals surface area contributed by atoms with E-state index in [2.05, 4.69) is 380 Å². The molecule has 5 aromatic carbocycles. The zero-order chi connectivity index (χ0) is 96.7. The van der Waals surface area contributed by atoms with E-state index in [0.717, 1.165) is 194 Å². The van der Waals surface area contributed by atoms with E-state index in [-0.39, 0.29) is 48.9 Å². The van der Waals surface area contributed by atoms with Crippen molar-refractivity contribution in [1.82, 2.24) is 19.9 Å². The third-order valence-electron chi connectivity index (χ3n) is 26.9. The molecule has 7 heterocycles. The van der Waals surface area contributed by atoms with Crippen molar-refractivity contribution in [1.29, 1.82) is 5.26 Å². The Kier molecular flexibility index (Phi) is 32.1. The largest absolute Gasteiger partial charge is 0.477 e. The fourth-order valence-electron chi connectivity index (χ4n) is 18.2. The van der Waals surface area contributed by atoms with Crippen LogP contribution in [0.25, 0.3) is 121 Å². The normalized spacial score (nSPS) is 13.2. The first kappa shape index (κ1) is 102. The molecule has 133 heavy (non-hydrogen) atoms. The van der Waals surface area contributed by atoms with Crippen LogP contribution >= 0.6 is 22.7 Å². The second-order valence-electron chi connectivity index (χ2n) is 46.2. The van der Waals surface area contributed by atoms with Crippen molar-refractivity contribution in [2.45, 2.75) is 366 Å². The molecule has 0 amide bonds. The van der Waals surface area contributed by atoms with Crippen molar-refractivity contribution in [3.05, 3.63) is 247 Å². The number of H-pyrrole nitrogens is 2. The maximum absolute atomic E-state index is 12.5. The summed E-state index contributed by atoms with van der Waals surface area (Å²) in [7, 11) is 0. The van der Waals surface area contributed by atoms with Crippen LogP contribution in [-0.4, -0.2) is 31.0 Å². The first-order chi connectivity index (χ1) is 62.6. The summed E-state index contributed by atoms with van der Waals surface area (Å²) in [4.78, 5) is 38.0. The van der Waals surface area contributed by atoms with Crippen molar-refractivity contribution in [2.75, 3.05) is 0 Å². The van der Waals surface area contributed by atoms with Gasteiger partial charge in [0.2, 0.25) is 0 Å². The van der Waals surface area contributed by atoms with Crippen molar-refractivity contribution in [2.24, 2.45) is 0 Å². The SMILES string of the molecule is CCCCCCc1c(/C=C(/C#N)C(=O)O)sc(/C=C/c2sc(/C=C/c3ccc(C#Cc4cc5[nH]c4c(-c4cc(C(C)(C)C)cc(C(C)(C)C)c4)c4nc(c(-c6cc(C(C)(C)C)cc(C(C)(C)C)c6)c6ccc([nH]6)c(-c6cc(C(C)(C)C)cc(C(C)(C)C)c6)c6nc(c5-c5cc(C(C)(C)C)cc(C(C)(C)C)c5)C=C6)C=C4)cc3)c(CCCCCC)c2CCCCCC)c1CCCCCC. The Labute approximate surface area is 809 Å². The average molecular weight is 1810 g/mol. The van der Waals surface area contributed by atoms with E-state index < -0.39 is 5.97 Å². The van der Waals surface area contributed by atoms with Gasteiger partial charge in [0.15, 0.2) is 0 Å². The van der Waals surface area contributed by atoms with Gasteiger partial charge in [-0.15, -0.1) is 22.7 Å². The molecule has 0 saturated carbocycles.